The van der Waals surface area contributed by atoms with Crippen LogP contribution in [-0.2, 0) is 20.9 Å². The Morgan fingerprint density at radius 3 is 2.12 bits per heavy atom. The molecule has 0 amide bonds. The first-order valence-electron chi connectivity index (χ1n) is 15.8. The van der Waals surface area contributed by atoms with Crippen molar-refractivity contribution in [3.05, 3.63) is 124 Å². The minimum atomic E-state index is -6.09. The number of hydrogen-bond acceptors (Lipinski definition) is 7. The summed E-state index contributed by atoms with van der Waals surface area (Å²) in [5.41, 5.74) is 4.93. The minimum Gasteiger partial charge on any atom is -0.741 e. The zero-order valence-corrected chi connectivity index (χ0v) is 29.9. The van der Waals surface area contributed by atoms with Gasteiger partial charge < -0.3 is 9.45 Å². The molecule has 258 valence electrons. The first-order valence-corrected chi connectivity index (χ1v) is 18.0. The fourth-order valence-electron chi connectivity index (χ4n) is 6.74. The van der Waals surface area contributed by atoms with Gasteiger partial charge in [0.2, 0.25) is 5.69 Å². The number of hydrogen-bond donors (Lipinski definition) is 0. The molecule has 3 heterocycles. The van der Waals surface area contributed by atoms with E-state index in [4.69, 9.17) is 13.0 Å². The van der Waals surface area contributed by atoms with E-state index in [-0.39, 0.29) is 10.8 Å². The predicted molar refractivity (Wildman–Crippen MR) is 188 cm³/mol. The Morgan fingerprint density at radius 2 is 1.51 bits per heavy atom. The Morgan fingerprint density at radius 1 is 0.898 bits per heavy atom. The van der Waals surface area contributed by atoms with Gasteiger partial charge in [-0.05, 0) is 79.8 Å². The average molecular weight is 709 g/mol. The summed E-state index contributed by atoms with van der Waals surface area (Å²) < 4.78 is 61.2. The summed E-state index contributed by atoms with van der Waals surface area (Å²) in [6.07, 6.45) is 16.3. The molecule has 6 rings (SSSR count). The van der Waals surface area contributed by atoms with Crippen molar-refractivity contribution in [2.45, 2.75) is 68.5 Å². The molecule has 0 unspecified atom stereocenters. The molecule has 0 bridgehead atoms. The van der Waals surface area contributed by atoms with E-state index in [0.717, 1.165) is 24.4 Å². The van der Waals surface area contributed by atoms with Gasteiger partial charge in [-0.25, -0.2) is 18.4 Å². The predicted octanol–water partition coefficient (Wildman–Crippen LogP) is 8.56. The van der Waals surface area contributed by atoms with E-state index in [2.05, 4.69) is 134 Å². The van der Waals surface area contributed by atoms with Gasteiger partial charge in [0.15, 0.2) is 21.0 Å². The molecular weight excluding hydrogens is 670 g/mol. The van der Waals surface area contributed by atoms with Crippen LogP contribution in [0.5, 0.6) is 0 Å². The van der Waals surface area contributed by atoms with Crippen LogP contribution in [0.15, 0.2) is 118 Å². The maximum Gasteiger partial charge on any atom is 0.485 e. The third-order valence-electron chi connectivity index (χ3n) is 9.26. The van der Waals surface area contributed by atoms with Crippen molar-refractivity contribution >= 4 is 39.0 Å². The van der Waals surface area contributed by atoms with Gasteiger partial charge in [-0.1, -0.05) is 62.4 Å². The number of nitrogens with zero attached hydrogens (tertiary/aromatic N) is 4. The Kier molecular flexibility index (Phi) is 10.2. The fourth-order valence-corrected chi connectivity index (χ4v) is 7.76. The van der Waals surface area contributed by atoms with Crippen LogP contribution in [0.2, 0.25) is 0 Å². The van der Waals surface area contributed by atoms with Gasteiger partial charge in [0, 0.05) is 58.9 Å². The lowest BCUT2D eigenvalue weighted by atomic mass is 9.81. The van der Waals surface area contributed by atoms with Gasteiger partial charge in [0.25, 0.3) is 0 Å². The highest BCUT2D eigenvalue weighted by molar-refractivity contribution is 8.03. The summed E-state index contributed by atoms with van der Waals surface area (Å²) in [6.45, 7) is 9.31. The quantitative estimate of drug-likeness (QED) is 0.114. The molecular formula is C37H39F3N4O3S2. The monoisotopic (exact) mass is 708 g/mol. The van der Waals surface area contributed by atoms with E-state index in [1.807, 2.05) is 18.5 Å². The molecule has 1 aliphatic carbocycles. The molecule has 2 aliphatic heterocycles. The number of likely N-dealkylation sites (N-methyl/N-ethyl adjacent to an activating group) is 1. The van der Waals surface area contributed by atoms with Gasteiger partial charge in [-0.3, -0.25) is 0 Å². The summed E-state index contributed by atoms with van der Waals surface area (Å²) in [5, 5.41) is 0.790. The fraction of sp³-hybridized carbons (Fsp3) is 0.324. The molecule has 49 heavy (non-hydrogen) atoms. The zero-order valence-electron chi connectivity index (χ0n) is 28.2. The number of allylic oxidation sites excluding steroid dienone is 7. The standard InChI is InChI=1S/C36H39N4S.CHF3O3S/c1-35(2)27-15-7-9-17-29(27)39(5)31(35)21-19-25-13-11-14-26(33(25)41-34-37-23-12-24-38-34)20-22-32-36(3,4)28-16-8-10-18-30(28)40(32)6;2-1(3,4)8(5,6)7/h7-10,12,15-24H,11,13-14H2,1-6H3;(H,5,6,7)/q+1;/p-1. The molecule has 0 saturated carbocycles. The molecule has 2 aromatic carbocycles. The van der Waals surface area contributed by atoms with E-state index in [1.54, 1.807) is 11.8 Å². The second-order valence-corrected chi connectivity index (χ2v) is 15.5. The van der Waals surface area contributed by atoms with Gasteiger partial charge in [-0.2, -0.15) is 17.7 Å². The van der Waals surface area contributed by atoms with Crippen molar-refractivity contribution in [1.29, 1.82) is 0 Å². The van der Waals surface area contributed by atoms with Crippen molar-refractivity contribution in [2.24, 2.45) is 0 Å². The van der Waals surface area contributed by atoms with Crippen LogP contribution in [-0.4, -0.2) is 52.8 Å². The molecule has 0 fully saturated rings. The number of rotatable bonds is 5. The Hall–Kier alpha value is -4.00. The molecule has 0 saturated heterocycles. The molecule has 12 heteroatoms. The van der Waals surface area contributed by atoms with Crippen LogP contribution >= 0.6 is 11.8 Å². The van der Waals surface area contributed by atoms with Crippen LogP contribution in [0.25, 0.3) is 0 Å². The molecule has 7 nitrogen and oxygen atoms in total. The molecule has 0 spiro atoms. The summed E-state index contributed by atoms with van der Waals surface area (Å²) >= 11 is 1.69. The summed E-state index contributed by atoms with van der Waals surface area (Å²) in [4.78, 5) is 12.8. The van der Waals surface area contributed by atoms with Gasteiger partial charge >= 0.3 is 5.51 Å². The number of anilines is 1. The molecule has 0 N–H and O–H groups in total. The van der Waals surface area contributed by atoms with Crippen LogP contribution in [0.4, 0.5) is 24.5 Å². The summed E-state index contributed by atoms with van der Waals surface area (Å²) in [6, 6.07) is 19.4. The molecule has 0 atom stereocenters. The Balaban J connectivity index is 0.000000523. The first kappa shape index (κ1) is 36.3. The number of benzene rings is 2. The van der Waals surface area contributed by atoms with Crippen LogP contribution in [0, 0.1) is 0 Å². The second kappa shape index (κ2) is 13.7. The smallest absolute Gasteiger partial charge is 0.485 e. The van der Waals surface area contributed by atoms with Crippen molar-refractivity contribution in [1.82, 2.24) is 9.97 Å². The third kappa shape index (κ3) is 7.32. The lowest BCUT2D eigenvalue weighted by molar-refractivity contribution is -0.401. The Labute approximate surface area is 290 Å². The second-order valence-electron chi connectivity index (χ2n) is 13.1. The zero-order chi connectivity index (χ0) is 35.8. The summed E-state index contributed by atoms with van der Waals surface area (Å²) in [7, 11) is -1.72. The van der Waals surface area contributed by atoms with E-state index in [0.29, 0.717) is 0 Å². The highest BCUT2D eigenvalue weighted by Crippen LogP contribution is 2.47. The van der Waals surface area contributed by atoms with E-state index < -0.39 is 15.6 Å². The normalized spacial score (nSPS) is 20.2. The molecule has 0 radical (unpaired) electrons. The number of halogens is 3. The maximum absolute atomic E-state index is 10.7. The average Bonchev–Trinajstić information content (AvgIpc) is 3.36. The lowest BCUT2D eigenvalue weighted by Gasteiger charge is -2.25. The van der Waals surface area contributed by atoms with Crippen LogP contribution in [0.1, 0.15) is 58.1 Å². The van der Waals surface area contributed by atoms with Gasteiger partial charge in [0.05, 0.1) is 5.41 Å². The van der Waals surface area contributed by atoms with Gasteiger partial charge in [0.1, 0.15) is 7.05 Å². The number of para-hydroxylation sites is 2. The SMILES string of the molecule is CN1/C(=C\C=C2/CCCC(/C=C/C3=[N+](C)c4ccccc4C3(C)C)=C2Sc2ncccn2)C(C)(C)c2ccccc21.O=S(=O)([O-])C(F)(F)F. The minimum absolute atomic E-state index is 0.0519. The molecule has 1 aromatic heterocycles. The topological polar surface area (TPSA) is 89.2 Å². The van der Waals surface area contributed by atoms with Crippen LogP contribution < -0.4 is 4.90 Å². The number of aromatic nitrogens is 2. The number of alkyl halides is 3. The highest BCUT2D eigenvalue weighted by Gasteiger charge is 2.43. The molecule has 3 aliphatic rings. The van der Waals surface area contributed by atoms with Gasteiger partial charge in [-0.15, -0.1) is 0 Å². The van der Waals surface area contributed by atoms with E-state index in [9.17, 15) is 13.2 Å². The van der Waals surface area contributed by atoms with Crippen molar-refractivity contribution in [3.63, 3.8) is 0 Å². The van der Waals surface area contributed by atoms with Crippen molar-refractivity contribution in [3.8, 4) is 0 Å². The molecule has 3 aromatic rings. The first-order chi connectivity index (χ1) is 22.9. The largest absolute Gasteiger partial charge is 0.741 e. The van der Waals surface area contributed by atoms with Crippen LogP contribution in [0.3, 0.4) is 0 Å². The van der Waals surface area contributed by atoms with Crippen molar-refractivity contribution < 1.29 is 30.7 Å². The third-order valence-corrected chi connectivity index (χ3v) is 10.9. The maximum atomic E-state index is 10.7. The Bertz CT molecular complexity index is 2010. The van der Waals surface area contributed by atoms with E-state index >= 15 is 0 Å². The van der Waals surface area contributed by atoms with Crippen molar-refractivity contribution in [2.75, 3.05) is 19.0 Å². The lowest BCUT2D eigenvalue weighted by Crippen LogP contribution is -2.26. The number of fused-ring (bicyclic) bond motifs is 2. The van der Waals surface area contributed by atoms with E-state index in [1.165, 1.54) is 50.0 Å². The summed E-state index contributed by atoms with van der Waals surface area (Å²) in [5.74, 6) is 0. The highest BCUT2D eigenvalue weighted by atomic mass is 32.2. The number of thioether (sulfide) groups is 1.